The van der Waals surface area contributed by atoms with Crippen molar-refractivity contribution in [3.05, 3.63) is 52.6 Å². The minimum absolute atomic E-state index is 0.296. The number of aryl methyl sites for hydroxylation is 1. The number of aromatic hydroxyl groups is 1. The van der Waals surface area contributed by atoms with Gasteiger partial charge in [0, 0.05) is 24.9 Å². The Hall–Kier alpha value is -2.33. The molecule has 0 bridgehead atoms. The molecule has 1 N–H and O–H groups in total. The third kappa shape index (κ3) is 4.39. The molecule has 0 aliphatic carbocycles. The zero-order chi connectivity index (χ0) is 20.3. The van der Waals surface area contributed by atoms with Crippen molar-refractivity contribution in [2.45, 2.75) is 46.5 Å². The molecular formula is C24H32N2O2. The maximum absolute atomic E-state index is 10.9. The molecule has 1 aliphatic heterocycles. The minimum Gasteiger partial charge on any atom is -0.505 e. The first-order valence-corrected chi connectivity index (χ1v) is 10.2. The van der Waals surface area contributed by atoms with Crippen LogP contribution in [0.5, 0.6) is 5.75 Å². The second kappa shape index (κ2) is 8.78. The van der Waals surface area contributed by atoms with E-state index in [0.717, 1.165) is 35.6 Å². The summed E-state index contributed by atoms with van der Waals surface area (Å²) in [6, 6.07) is 10.5. The number of hydrogen-bond acceptors (Lipinski definition) is 4. The van der Waals surface area contributed by atoms with Gasteiger partial charge in [0.25, 0.3) is 0 Å². The molecule has 0 atom stereocenters. The quantitative estimate of drug-likeness (QED) is 0.693. The van der Waals surface area contributed by atoms with Crippen LogP contribution in [0, 0.1) is 6.92 Å². The number of anilines is 1. The molecule has 1 fully saturated rings. The lowest BCUT2D eigenvalue weighted by molar-refractivity contribution is 0.122. The Labute approximate surface area is 168 Å². The summed E-state index contributed by atoms with van der Waals surface area (Å²) in [6.45, 7) is 13.8. The van der Waals surface area contributed by atoms with E-state index in [1.54, 1.807) is 0 Å². The Balaban J connectivity index is 2.02. The van der Waals surface area contributed by atoms with Crippen LogP contribution in [0.1, 0.15) is 61.8 Å². The van der Waals surface area contributed by atoms with E-state index >= 15 is 0 Å². The van der Waals surface area contributed by atoms with Crippen LogP contribution in [-0.4, -0.2) is 37.6 Å². The zero-order valence-corrected chi connectivity index (χ0v) is 17.7. The van der Waals surface area contributed by atoms with Crippen LogP contribution in [-0.2, 0) is 4.74 Å². The second-order valence-electron chi connectivity index (χ2n) is 8.17. The summed E-state index contributed by atoms with van der Waals surface area (Å²) in [4.78, 5) is 7.06. The molecule has 1 saturated heterocycles. The molecule has 150 valence electrons. The van der Waals surface area contributed by atoms with E-state index in [9.17, 15) is 5.11 Å². The van der Waals surface area contributed by atoms with Gasteiger partial charge in [-0.15, -0.1) is 0 Å². The van der Waals surface area contributed by atoms with Crippen molar-refractivity contribution < 1.29 is 9.84 Å². The number of aliphatic imine (C=N–C) groups is 1. The van der Waals surface area contributed by atoms with E-state index < -0.39 is 0 Å². The van der Waals surface area contributed by atoms with Crippen LogP contribution in [0.3, 0.4) is 0 Å². The predicted molar refractivity (Wildman–Crippen MR) is 118 cm³/mol. The Bertz CT molecular complexity index is 824. The van der Waals surface area contributed by atoms with Crippen LogP contribution in [0.4, 0.5) is 11.4 Å². The van der Waals surface area contributed by atoms with Crippen molar-refractivity contribution >= 4 is 17.6 Å². The summed E-state index contributed by atoms with van der Waals surface area (Å²) in [5, 5.41) is 10.9. The van der Waals surface area contributed by atoms with Crippen molar-refractivity contribution in [2.24, 2.45) is 4.99 Å². The number of hydrogen-bond donors (Lipinski definition) is 1. The minimum atomic E-state index is 0.296. The fraction of sp³-hybridized carbons (Fsp3) is 0.458. The van der Waals surface area contributed by atoms with Gasteiger partial charge in [-0.05, 0) is 47.6 Å². The van der Waals surface area contributed by atoms with Gasteiger partial charge in [0.05, 0.1) is 24.6 Å². The Kier molecular flexibility index (Phi) is 6.40. The lowest BCUT2D eigenvalue weighted by atomic mass is 9.93. The normalized spacial score (nSPS) is 15.2. The van der Waals surface area contributed by atoms with Gasteiger partial charge < -0.3 is 14.7 Å². The molecule has 0 amide bonds. The van der Waals surface area contributed by atoms with Gasteiger partial charge in [-0.3, -0.25) is 4.99 Å². The fourth-order valence-corrected chi connectivity index (χ4v) is 3.73. The number of rotatable bonds is 5. The maximum atomic E-state index is 10.9. The topological polar surface area (TPSA) is 45.1 Å². The van der Waals surface area contributed by atoms with Crippen LogP contribution in [0.25, 0.3) is 0 Å². The van der Waals surface area contributed by atoms with E-state index in [2.05, 4.69) is 57.7 Å². The highest BCUT2D eigenvalue weighted by molar-refractivity contribution is 5.89. The molecule has 4 nitrogen and oxygen atoms in total. The van der Waals surface area contributed by atoms with E-state index in [4.69, 9.17) is 9.73 Å². The van der Waals surface area contributed by atoms with Crippen molar-refractivity contribution in [3.8, 4) is 5.75 Å². The van der Waals surface area contributed by atoms with Crippen molar-refractivity contribution in [3.63, 3.8) is 0 Å². The lowest BCUT2D eigenvalue weighted by Crippen LogP contribution is -2.36. The smallest absolute Gasteiger partial charge is 0.147 e. The summed E-state index contributed by atoms with van der Waals surface area (Å²) in [6.07, 6.45) is 1.82. The highest BCUT2D eigenvalue weighted by Crippen LogP contribution is 2.36. The van der Waals surface area contributed by atoms with E-state index in [1.165, 1.54) is 11.1 Å². The van der Waals surface area contributed by atoms with E-state index in [1.807, 2.05) is 18.3 Å². The summed E-state index contributed by atoms with van der Waals surface area (Å²) < 4.78 is 5.45. The highest BCUT2D eigenvalue weighted by atomic mass is 16.5. The molecular weight excluding hydrogens is 348 g/mol. The van der Waals surface area contributed by atoms with Crippen molar-refractivity contribution in [1.82, 2.24) is 0 Å². The monoisotopic (exact) mass is 380 g/mol. The van der Waals surface area contributed by atoms with Gasteiger partial charge in [0.15, 0.2) is 0 Å². The summed E-state index contributed by atoms with van der Waals surface area (Å²) >= 11 is 0. The molecule has 0 spiro atoms. The first-order chi connectivity index (χ1) is 13.4. The summed E-state index contributed by atoms with van der Waals surface area (Å²) in [5.74, 6) is 1.08. The number of para-hydroxylation sites is 1. The van der Waals surface area contributed by atoms with Gasteiger partial charge >= 0.3 is 0 Å². The van der Waals surface area contributed by atoms with Gasteiger partial charge in [-0.2, -0.15) is 0 Å². The standard InChI is InChI=1S/C24H32N2O2/c1-16(2)20-7-6-8-21(17(3)4)23(20)25-15-19-13-18(5)14-22(24(19)27)26-9-11-28-12-10-26/h6-8,13-17,27H,9-12H2,1-5H3. The Morgan fingerprint density at radius 3 is 2.21 bits per heavy atom. The lowest BCUT2D eigenvalue weighted by Gasteiger charge is -2.30. The summed E-state index contributed by atoms with van der Waals surface area (Å²) in [5.41, 5.74) is 6.25. The molecule has 0 radical (unpaired) electrons. The van der Waals surface area contributed by atoms with Gasteiger partial charge in [0.2, 0.25) is 0 Å². The molecule has 1 heterocycles. The van der Waals surface area contributed by atoms with Crippen LogP contribution >= 0.6 is 0 Å². The maximum Gasteiger partial charge on any atom is 0.147 e. The average Bonchev–Trinajstić information content (AvgIpc) is 2.68. The molecule has 2 aromatic carbocycles. The number of nitrogens with zero attached hydrogens (tertiary/aromatic N) is 2. The van der Waals surface area contributed by atoms with Gasteiger partial charge in [0.1, 0.15) is 5.75 Å². The Morgan fingerprint density at radius 1 is 1.04 bits per heavy atom. The molecule has 2 aromatic rings. The number of morpholine rings is 1. The van der Waals surface area contributed by atoms with E-state index in [-0.39, 0.29) is 0 Å². The zero-order valence-electron chi connectivity index (χ0n) is 17.7. The molecule has 3 rings (SSSR count). The third-order valence-corrected chi connectivity index (χ3v) is 5.29. The molecule has 4 heteroatoms. The van der Waals surface area contributed by atoms with E-state index in [0.29, 0.717) is 30.8 Å². The molecule has 28 heavy (non-hydrogen) atoms. The number of phenolic OH excluding ortho intramolecular Hbond substituents is 1. The fourth-order valence-electron chi connectivity index (χ4n) is 3.73. The molecule has 1 aliphatic rings. The number of ether oxygens (including phenoxy) is 1. The predicted octanol–water partition coefficient (Wildman–Crippen LogP) is 5.53. The van der Waals surface area contributed by atoms with Crippen molar-refractivity contribution in [2.75, 3.05) is 31.2 Å². The largest absolute Gasteiger partial charge is 0.505 e. The number of phenols is 1. The number of benzene rings is 2. The first kappa shape index (κ1) is 20.4. The van der Waals surface area contributed by atoms with Crippen LogP contribution < -0.4 is 4.90 Å². The average molecular weight is 381 g/mol. The van der Waals surface area contributed by atoms with Crippen LogP contribution in [0.15, 0.2) is 35.3 Å². The third-order valence-electron chi connectivity index (χ3n) is 5.29. The van der Waals surface area contributed by atoms with Crippen LogP contribution in [0.2, 0.25) is 0 Å². The van der Waals surface area contributed by atoms with Gasteiger partial charge in [-0.1, -0.05) is 45.9 Å². The first-order valence-electron chi connectivity index (χ1n) is 10.2. The highest BCUT2D eigenvalue weighted by Gasteiger charge is 2.18. The summed E-state index contributed by atoms with van der Waals surface area (Å²) in [7, 11) is 0. The Morgan fingerprint density at radius 2 is 1.64 bits per heavy atom. The molecule has 0 aromatic heterocycles. The molecule has 0 unspecified atom stereocenters. The van der Waals surface area contributed by atoms with Crippen molar-refractivity contribution in [1.29, 1.82) is 0 Å². The SMILES string of the molecule is Cc1cc(C=Nc2c(C(C)C)cccc2C(C)C)c(O)c(N2CCOCC2)c1. The second-order valence-corrected chi connectivity index (χ2v) is 8.17. The molecule has 0 saturated carbocycles. The van der Waals surface area contributed by atoms with Gasteiger partial charge in [-0.25, -0.2) is 0 Å².